The van der Waals surface area contributed by atoms with Crippen LogP contribution >= 0.6 is 0 Å². The Morgan fingerprint density at radius 2 is 2.00 bits per heavy atom. The molecule has 3 heteroatoms. The summed E-state index contributed by atoms with van der Waals surface area (Å²) in [4.78, 5) is 2.59. The Bertz CT molecular complexity index is 291. The molecule has 3 nitrogen and oxygen atoms in total. The third-order valence-electron chi connectivity index (χ3n) is 5.31. The van der Waals surface area contributed by atoms with Gasteiger partial charge in [-0.1, -0.05) is 13.3 Å². The maximum Gasteiger partial charge on any atom is 0.0616 e. The van der Waals surface area contributed by atoms with Gasteiger partial charge in [-0.25, -0.2) is 0 Å². The molecule has 2 aliphatic rings. The predicted molar refractivity (Wildman–Crippen MR) is 84.9 cm³/mol. The van der Waals surface area contributed by atoms with E-state index in [0.717, 1.165) is 0 Å². The van der Waals surface area contributed by atoms with Crippen molar-refractivity contribution in [2.45, 2.75) is 83.3 Å². The van der Waals surface area contributed by atoms with Crippen LogP contribution < -0.4 is 5.32 Å². The van der Waals surface area contributed by atoms with Gasteiger partial charge in [0.2, 0.25) is 0 Å². The van der Waals surface area contributed by atoms with Crippen LogP contribution in [0.1, 0.15) is 65.7 Å². The first kappa shape index (κ1) is 16.3. The normalized spacial score (nSPS) is 30.6. The van der Waals surface area contributed by atoms with Crippen molar-refractivity contribution in [3.63, 3.8) is 0 Å². The molecular weight excluding hydrogens is 248 g/mol. The van der Waals surface area contributed by atoms with Crippen molar-refractivity contribution in [1.29, 1.82) is 0 Å². The van der Waals surface area contributed by atoms with Gasteiger partial charge >= 0.3 is 0 Å². The van der Waals surface area contributed by atoms with Crippen molar-refractivity contribution in [3.05, 3.63) is 0 Å². The zero-order valence-electron chi connectivity index (χ0n) is 13.7. The van der Waals surface area contributed by atoms with Crippen molar-refractivity contribution in [2.24, 2.45) is 5.92 Å². The summed E-state index contributed by atoms with van der Waals surface area (Å²) in [5.74, 6) is 0.659. The van der Waals surface area contributed by atoms with E-state index in [1.165, 1.54) is 58.0 Å². The molecule has 118 valence electrons. The van der Waals surface area contributed by atoms with Crippen LogP contribution in [-0.2, 0) is 0 Å². The molecule has 2 atom stereocenters. The van der Waals surface area contributed by atoms with Crippen molar-refractivity contribution >= 4 is 0 Å². The molecule has 0 spiro atoms. The Kier molecular flexibility index (Phi) is 5.88. The molecule has 2 rings (SSSR count). The summed E-state index contributed by atoms with van der Waals surface area (Å²) in [6.45, 7) is 9.57. The number of rotatable bonds is 9. The second-order valence-corrected chi connectivity index (χ2v) is 7.24. The summed E-state index contributed by atoms with van der Waals surface area (Å²) in [5, 5.41) is 13.7. The van der Waals surface area contributed by atoms with Gasteiger partial charge in [0.05, 0.1) is 6.61 Å². The van der Waals surface area contributed by atoms with Gasteiger partial charge in [0.25, 0.3) is 0 Å². The molecule has 0 heterocycles. The quantitative estimate of drug-likeness (QED) is 0.682. The fourth-order valence-electron chi connectivity index (χ4n) is 3.88. The number of hydrogen-bond acceptors (Lipinski definition) is 3. The van der Waals surface area contributed by atoms with E-state index in [1.807, 2.05) is 0 Å². The van der Waals surface area contributed by atoms with E-state index in [4.69, 9.17) is 0 Å². The molecule has 0 aromatic heterocycles. The first-order valence-electron chi connectivity index (χ1n) is 8.74. The molecule has 0 bridgehead atoms. The minimum atomic E-state index is 0.0377. The highest BCUT2D eigenvalue weighted by atomic mass is 16.3. The van der Waals surface area contributed by atoms with Crippen LogP contribution in [0.15, 0.2) is 0 Å². The highest BCUT2D eigenvalue weighted by molar-refractivity contribution is 5.03. The second kappa shape index (κ2) is 7.24. The zero-order chi connectivity index (χ0) is 14.6. The van der Waals surface area contributed by atoms with E-state index in [2.05, 4.69) is 31.0 Å². The van der Waals surface area contributed by atoms with Crippen LogP contribution in [0.2, 0.25) is 0 Å². The fraction of sp³-hybridized carbons (Fsp3) is 1.00. The van der Waals surface area contributed by atoms with E-state index in [0.29, 0.717) is 24.6 Å². The molecule has 0 aromatic rings. The summed E-state index contributed by atoms with van der Waals surface area (Å²) in [6, 6.07) is 1.33. The average Bonchev–Trinajstić information content (AvgIpc) is 3.14. The topological polar surface area (TPSA) is 35.5 Å². The van der Waals surface area contributed by atoms with Gasteiger partial charge in [0.1, 0.15) is 0 Å². The highest BCUT2D eigenvalue weighted by Gasteiger charge is 2.44. The average molecular weight is 282 g/mol. The number of aliphatic hydroxyl groups excluding tert-OH is 1. The third kappa shape index (κ3) is 3.96. The van der Waals surface area contributed by atoms with E-state index in [-0.39, 0.29) is 5.54 Å². The number of hydrogen-bond donors (Lipinski definition) is 2. The molecule has 0 aromatic carbocycles. The smallest absolute Gasteiger partial charge is 0.0616 e. The van der Waals surface area contributed by atoms with Crippen molar-refractivity contribution in [2.75, 3.05) is 19.7 Å². The monoisotopic (exact) mass is 282 g/mol. The Balaban J connectivity index is 1.88. The maximum absolute atomic E-state index is 9.97. The summed E-state index contributed by atoms with van der Waals surface area (Å²) >= 11 is 0. The molecule has 0 aliphatic heterocycles. The molecule has 2 fully saturated rings. The van der Waals surface area contributed by atoms with Gasteiger partial charge in [0, 0.05) is 17.6 Å². The van der Waals surface area contributed by atoms with E-state index < -0.39 is 0 Å². The third-order valence-corrected chi connectivity index (χ3v) is 5.31. The lowest BCUT2D eigenvalue weighted by molar-refractivity contribution is 0.105. The lowest BCUT2D eigenvalue weighted by Gasteiger charge is -2.37. The number of nitrogens with one attached hydrogen (secondary N) is 1. The first-order chi connectivity index (χ1) is 9.61. The Morgan fingerprint density at radius 3 is 2.55 bits per heavy atom. The molecule has 2 saturated carbocycles. The van der Waals surface area contributed by atoms with Gasteiger partial charge in [-0.05, 0) is 71.4 Å². The van der Waals surface area contributed by atoms with Gasteiger partial charge in [-0.2, -0.15) is 0 Å². The van der Waals surface area contributed by atoms with Gasteiger partial charge in [0.15, 0.2) is 0 Å². The first-order valence-corrected chi connectivity index (χ1v) is 8.74. The van der Waals surface area contributed by atoms with Crippen molar-refractivity contribution in [1.82, 2.24) is 10.2 Å². The Hall–Kier alpha value is -0.120. The predicted octanol–water partition coefficient (Wildman–Crippen LogP) is 2.78. The molecule has 2 aliphatic carbocycles. The molecule has 2 unspecified atom stereocenters. The minimum absolute atomic E-state index is 0.0377. The second-order valence-electron chi connectivity index (χ2n) is 7.24. The van der Waals surface area contributed by atoms with E-state index in [1.54, 1.807) is 0 Å². The molecule has 20 heavy (non-hydrogen) atoms. The van der Waals surface area contributed by atoms with Crippen LogP contribution in [0.25, 0.3) is 0 Å². The number of nitrogens with zero attached hydrogens (tertiary/aromatic N) is 1. The Morgan fingerprint density at radius 1 is 1.25 bits per heavy atom. The van der Waals surface area contributed by atoms with Crippen LogP contribution in [0.4, 0.5) is 0 Å². The van der Waals surface area contributed by atoms with Crippen LogP contribution in [0.5, 0.6) is 0 Å². The van der Waals surface area contributed by atoms with Crippen LogP contribution in [0.3, 0.4) is 0 Å². The SMILES string of the molecule is CCCN(CCC1CCCC1(CO)NC1CC1)C(C)C. The standard InChI is InChI=1S/C17H34N2O/c1-4-11-19(14(2)3)12-9-15-6-5-10-17(15,13-20)18-16-7-8-16/h14-16,18,20H,4-13H2,1-3H3. The van der Waals surface area contributed by atoms with E-state index in [9.17, 15) is 5.11 Å². The fourth-order valence-corrected chi connectivity index (χ4v) is 3.88. The lowest BCUT2D eigenvalue weighted by atomic mass is 9.84. The maximum atomic E-state index is 9.97. The van der Waals surface area contributed by atoms with Crippen LogP contribution in [0, 0.1) is 5.92 Å². The van der Waals surface area contributed by atoms with Crippen molar-refractivity contribution in [3.8, 4) is 0 Å². The Labute approximate surface area is 125 Å². The summed E-state index contributed by atoms with van der Waals surface area (Å²) < 4.78 is 0. The molecule has 0 radical (unpaired) electrons. The van der Waals surface area contributed by atoms with Crippen LogP contribution in [-0.4, -0.2) is 47.3 Å². The van der Waals surface area contributed by atoms with Gasteiger partial charge < -0.3 is 15.3 Å². The largest absolute Gasteiger partial charge is 0.394 e. The van der Waals surface area contributed by atoms with E-state index >= 15 is 0 Å². The minimum Gasteiger partial charge on any atom is -0.394 e. The lowest BCUT2D eigenvalue weighted by Crippen LogP contribution is -2.53. The summed E-state index contributed by atoms with van der Waals surface area (Å²) in [5.41, 5.74) is 0.0377. The zero-order valence-corrected chi connectivity index (χ0v) is 13.7. The highest BCUT2D eigenvalue weighted by Crippen LogP contribution is 2.40. The summed E-state index contributed by atoms with van der Waals surface area (Å²) in [6.07, 6.45) is 8.82. The number of aliphatic hydroxyl groups is 1. The molecule has 2 N–H and O–H groups in total. The molecule has 0 saturated heterocycles. The summed E-state index contributed by atoms with van der Waals surface area (Å²) in [7, 11) is 0. The van der Waals surface area contributed by atoms with Gasteiger partial charge in [-0.3, -0.25) is 0 Å². The van der Waals surface area contributed by atoms with Crippen molar-refractivity contribution < 1.29 is 5.11 Å². The molecular formula is C17H34N2O. The van der Waals surface area contributed by atoms with Gasteiger partial charge in [-0.15, -0.1) is 0 Å². The molecule has 0 amide bonds.